The molecule has 0 unspecified atom stereocenters. The summed E-state index contributed by atoms with van der Waals surface area (Å²) in [4.78, 5) is 6.00. The third kappa shape index (κ3) is 2.98. The molecule has 0 fully saturated rings. The summed E-state index contributed by atoms with van der Waals surface area (Å²) < 4.78 is 6.99. The highest BCUT2D eigenvalue weighted by Gasteiger charge is 2.13. The molecule has 8 heteroatoms. The Kier molecular flexibility index (Phi) is 4.14. The average Bonchev–Trinajstić information content (AvgIpc) is 3.21. The molecule has 4 rings (SSSR count). The number of aromatic nitrogens is 5. The van der Waals surface area contributed by atoms with Gasteiger partial charge in [0.15, 0.2) is 5.82 Å². The van der Waals surface area contributed by atoms with E-state index < -0.39 is 0 Å². The minimum Gasteiger partial charge on any atom is -0.497 e. The maximum atomic E-state index is 5.19. The molecule has 0 saturated carbocycles. The summed E-state index contributed by atoms with van der Waals surface area (Å²) >= 11 is 3.29. The van der Waals surface area contributed by atoms with Gasteiger partial charge in [0.2, 0.25) is 4.96 Å². The summed E-state index contributed by atoms with van der Waals surface area (Å²) in [5, 5.41) is 14.1. The molecule has 0 atom stereocenters. The van der Waals surface area contributed by atoms with Gasteiger partial charge in [-0.05, 0) is 36.4 Å². The Hall–Kier alpha value is -2.45. The van der Waals surface area contributed by atoms with E-state index in [1.165, 1.54) is 4.90 Å². The number of nitrogens with zero attached hydrogens (tertiary/aromatic N) is 5. The molecule has 0 radical (unpaired) electrons. The fraction of sp³-hybridized carbons (Fsp3) is 0.125. The van der Waals surface area contributed by atoms with Gasteiger partial charge in [0.25, 0.3) is 0 Å². The van der Waals surface area contributed by atoms with Crippen LogP contribution in [0, 0.1) is 0 Å². The van der Waals surface area contributed by atoms with Crippen molar-refractivity contribution in [2.24, 2.45) is 0 Å². The Balaban J connectivity index is 1.58. The Morgan fingerprint density at radius 2 is 1.88 bits per heavy atom. The molecule has 3 heterocycles. The second-order valence-electron chi connectivity index (χ2n) is 4.91. The van der Waals surface area contributed by atoms with Gasteiger partial charge in [-0.15, -0.1) is 22.0 Å². The van der Waals surface area contributed by atoms with E-state index in [2.05, 4.69) is 20.3 Å². The van der Waals surface area contributed by atoms with Crippen LogP contribution in [-0.4, -0.2) is 31.9 Å². The molecular weight excluding hydrogens is 342 g/mol. The predicted octanol–water partition coefficient (Wildman–Crippen LogP) is 3.55. The monoisotopic (exact) mass is 355 g/mol. The fourth-order valence-corrected chi connectivity index (χ4v) is 3.92. The zero-order valence-electron chi connectivity index (χ0n) is 12.8. The summed E-state index contributed by atoms with van der Waals surface area (Å²) in [7, 11) is 1.65. The Morgan fingerprint density at radius 3 is 2.62 bits per heavy atom. The van der Waals surface area contributed by atoms with Gasteiger partial charge >= 0.3 is 0 Å². The van der Waals surface area contributed by atoms with Crippen molar-refractivity contribution >= 4 is 28.1 Å². The van der Waals surface area contributed by atoms with Crippen molar-refractivity contribution in [2.75, 3.05) is 7.11 Å². The molecule has 0 N–H and O–H groups in total. The molecule has 3 aromatic heterocycles. The van der Waals surface area contributed by atoms with Gasteiger partial charge in [-0.1, -0.05) is 11.3 Å². The number of benzene rings is 1. The molecule has 6 nitrogen and oxygen atoms in total. The summed E-state index contributed by atoms with van der Waals surface area (Å²) in [6.45, 7) is 0. The molecule has 0 aliphatic carbocycles. The minimum atomic E-state index is 0.740. The smallest absolute Gasteiger partial charge is 0.234 e. The van der Waals surface area contributed by atoms with Crippen molar-refractivity contribution in [1.29, 1.82) is 0 Å². The summed E-state index contributed by atoms with van der Waals surface area (Å²) in [5.41, 5.74) is 0.960. The lowest BCUT2D eigenvalue weighted by atomic mass is 10.2. The first kappa shape index (κ1) is 15.1. The number of hydrogen-bond donors (Lipinski definition) is 0. The number of thioether (sulfide) groups is 1. The van der Waals surface area contributed by atoms with Crippen LogP contribution in [-0.2, 0) is 5.75 Å². The Bertz CT molecular complexity index is 950. The van der Waals surface area contributed by atoms with E-state index in [1.807, 2.05) is 36.4 Å². The van der Waals surface area contributed by atoms with Crippen molar-refractivity contribution in [1.82, 2.24) is 24.8 Å². The first-order valence-electron chi connectivity index (χ1n) is 7.22. The lowest BCUT2D eigenvalue weighted by molar-refractivity contribution is 0.415. The first-order valence-corrected chi connectivity index (χ1v) is 9.02. The molecular formula is C16H13N5OS2. The van der Waals surface area contributed by atoms with Crippen LogP contribution < -0.4 is 4.74 Å². The van der Waals surface area contributed by atoms with Crippen molar-refractivity contribution < 1.29 is 4.74 Å². The standard InChI is InChI=1S/C16H13N5OS2/c1-22-12-4-2-11(3-5-12)15-18-19-16-21(15)20-14(24-16)10-23-13-6-8-17-9-7-13/h2-9H,10H2,1H3. The Labute approximate surface area is 146 Å². The first-order chi connectivity index (χ1) is 11.8. The number of hydrogen-bond acceptors (Lipinski definition) is 7. The van der Waals surface area contributed by atoms with Gasteiger partial charge < -0.3 is 4.74 Å². The molecule has 24 heavy (non-hydrogen) atoms. The predicted molar refractivity (Wildman–Crippen MR) is 94.4 cm³/mol. The maximum absolute atomic E-state index is 5.19. The van der Waals surface area contributed by atoms with E-state index in [1.54, 1.807) is 47.1 Å². The highest BCUT2D eigenvalue weighted by atomic mass is 32.2. The Morgan fingerprint density at radius 1 is 1.08 bits per heavy atom. The second kappa shape index (κ2) is 6.58. The SMILES string of the molecule is COc1ccc(-c2nnc3sc(CSc4ccncc4)nn23)cc1. The van der Waals surface area contributed by atoms with Gasteiger partial charge in [-0.3, -0.25) is 4.98 Å². The van der Waals surface area contributed by atoms with E-state index >= 15 is 0 Å². The van der Waals surface area contributed by atoms with E-state index in [9.17, 15) is 0 Å². The number of methoxy groups -OCH3 is 1. The average molecular weight is 355 g/mol. The van der Waals surface area contributed by atoms with Crippen LogP contribution in [0.2, 0.25) is 0 Å². The quantitative estimate of drug-likeness (QED) is 0.510. The number of fused-ring (bicyclic) bond motifs is 1. The normalized spacial score (nSPS) is 11.0. The van der Waals surface area contributed by atoms with E-state index in [0.29, 0.717) is 0 Å². The zero-order chi connectivity index (χ0) is 16.4. The molecule has 4 aromatic rings. The summed E-state index contributed by atoms with van der Waals surface area (Å²) in [6.07, 6.45) is 3.59. The topological polar surface area (TPSA) is 65.2 Å². The maximum Gasteiger partial charge on any atom is 0.234 e. The highest BCUT2D eigenvalue weighted by Crippen LogP contribution is 2.27. The third-order valence-corrected chi connectivity index (χ3v) is 5.50. The zero-order valence-corrected chi connectivity index (χ0v) is 14.4. The van der Waals surface area contributed by atoms with Gasteiger partial charge in [-0.2, -0.15) is 9.61 Å². The largest absolute Gasteiger partial charge is 0.497 e. The molecule has 0 amide bonds. The highest BCUT2D eigenvalue weighted by molar-refractivity contribution is 7.98. The van der Waals surface area contributed by atoms with Crippen LogP contribution in [0.3, 0.4) is 0 Å². The van der Waals surface area contributed by atoms with Crippen LogP contribution in [0.15, 0.2) is 53.7 Å². The summed E-state index contributed by atoms with van der Waals surface area (Å²) in [6, 6.07) is 11.7. The van der Waals surface area contributed by atoms with Crippen molar-refractivity contribution in [3.63, 3.8) is 0 Å². The molecule has 0 saturated heterocycles. The van der Waals surface area contributed by atoms with Crippen LogP contribution >= 0.6 is 23.1 Å². The van der Waals surface area contributed by atoms with Crippen molar-refractivity contribution in [3.8, 4) is 17.1 Å². The molecule has 1 aromatic carbocycles. The van der Waals surface area contributed by atoms with E-state index in [4.69, 9.17) is 4.74 Å². The number of rotatable bonds is 5. The van der Waals surface area contributed by atoms with Gasteiger partial charge in [0.05, 0.1) is 12.9 Å². The second-order valence-corrected chi connectivity index (χ2v) is 7.00. The number of pyridine rings is 1. The third-order valence-electron chi connectivity index (χ3n) is 3.39. The van der Waals surface area contributed by atoms with E-state index in [0.717, 1.165) is 32.9 Å². The van der Waals surface area contributed by atoms with Gasteiger partial charge in [0, 0.05) is 22.9 Å². The molecule has 0 spiro atoms. The van der Waals surface area contributed by atoms with Crippen LogP contribution in [0.25, 0.3) is 16.3 Å². The van der Waals surface area contributed by atoms with E-state index in [-0.39, 0.29) is 0 Å². The van der Waals surface area contributed by atoms with Crippen LogP contribution in [0.1, 0.15) is 5.01 Å². The van der Waals surface area contributed by atoms with Gasteiger partial charge in [0.1, 0.15) is 10.8 Å². The fourth-order valence-electron chi connectivity index (χ4n) is 2.21. The van der Waals surface area contributed by atoms with Crippen LogP contribution in [0.4, 0.5) is 0 Å². The minimum absolute atomic E-state index is 0.740. The number of ether oxygens (including phenoxy) is 1. The van der Waals surface area contributed by atoms with Crippen molar-refractivity contribution in [2.45, 2.75) is 10.6 Å². The molecule has 0 aliphatic rings. The lowest BCUT2D eigenvalue weighted by Gasteiger charge is -2.00. The lowest BCUT2D eigenvalue weighted by Crippen LogP contribution is -1.92. The van der Waals surface area contributed by atoms with Crippen LogP contribution in [0.5, 0.6) is 5.75 Å². The molecule has 120 valence electrons. The molecule has 0 bridgehead atoms. The van der Waals surface area contributed by atoms with Crippen molar-refractivity contribution in [3.05, 3.63) is 53.8 Å². The van der Waals surface area contributed by atoms with Gasteiger partial charge in [-0.25, -0.2) is 0 Å². The summed E-state index contributed by atoms with van der Waals surface area (Å²) in [5.74, 6) is 2.34. The molecule has 0 aliphatic heterocycles.